The molecule has 0 spiro atoms. The second kappa shape index (κ2) is 4.48. The van der Waals surface area contributed by atoms with Crippen molar-refractivity contribution in [3.05, 3.63) is 47.7 Å². The van der Waals surface area contributed by atoms with Crippen LogP contribution in [-0.2, 0) is 13.6 Å². The van der Waals surface area contributed by atoms with Gasteiger partial charge in [-0.3, -0.25) is 4.98 Å². The normalized spacial score (nSPS) is 11.1. The van der Waals surface area contributed by atoms with Crippen molar-refractivity contribution in [1.82, 2.24) is 14.5 Å². The summed E-state index contributed by atoms with van der Waals surface area (Å²) < 4.78 is 2.07. The van der Waals surface area contributed by atoms with Crippen molar-refractivity contribution in [2.75, 3.05) is 0 Å². The Hall–Kier alpha value is -2.20. The van der Waals surface area contributed by atoms with Crippen molar-refractivity contribution in [2.45, 2.75) is 13.5 Å². The molecule has 0 saturated carbocycles. The zero-order chi connectivity index (χ0) is 13.4. The maximum atomic E-state index is 5.59. The number of fused-ring (bicyclic) bond motifs is 1. The second-order valence-electron chi connectivity index (χ2n) is 4.74. The Morgan fingerprint density at radius 3 is 2.74 bits per heavy atom. The summed E-state index contributed by atoms with van der Waals surface area (Å²) in [6.45, 7) is 2.58. The Morgan fingerprint density at radius 2 is 2.05 bits per heavy atom. The van der Waals surface area contributed by atoms with Gasteiger partial charge in [0.15, 0.2) is 5.82 Å². The van der Waals surface area contributed by atoms with Gasteiger partial charge in [0.25, 0.3) is 0 Å². The highest BCUT2D eigenvalue weighted by atomic mass is 15.1. The lowest BCUT2D eigenvalue weighted by Crippen LogP contribution is -1.99. The van der Waals surface area contributed by atoms with Gasteiger partial charge >= 0.3 is 0 Å². The lowest BCUT2D eigenvalue weighted by molar-refractivity contribution is 0.947. The highest BCUT2D eigenvalue weighted by Gasteiger charge is 2.10. The van der Waals surface area contributed by atoms with Gasteiger partial charge in [-0.2, -0.15) is 0 Å². The van der Waals surface area contributed by atoms with Crippen LogP contribution in [0.3, 0.4) is 0 Å². The van der Waals surface area contributed by atoms with E-state index in [0.29, 0.717) is 6.54 Å². The van der Waals surface area contributed by atoms with Crippen LogP contribution in [0.25, 0.3) is 22.6 Å². The topological polar surface area (TPSA) is 56.7 Å². The van der Waals surface area contributed by atoms with Crippen molar-refractivity contribution in [1.29, 1.82) is 0 Å². The molecule has 0 aliphatic rings. The first-order valence-electron chi connectivity index (χ1n) is 6.27. The zero-order valence-electron chi connectivity index (χ0n) is 11.1. The minimum Gasteiger partial charge on any atom is -0.326 e. The summed E-state index contributed by atoms with van der Waals surface area (Å²) in [6.07, 6.45) is 1.81. The van der Waals surface area contributed by atoms with Crippen molar-refractivity contribution in [3.8, 4) is 11.5 Å². The number of rotatable bonds is 2. The van der Waals surface area contributed by atoms with Gasteiger partial charge in [0.1, 0.15) is 5.69 Å². The van der Waals surface area contributed by atoms with Crippen molar-refractivity contribution in [2.24, 2.45) is 12.8 Å². The van der Waals surface area contributed by atoms with Crippen LogP contribution in [0.4, 0.5) is 0 Å². The molecule has 0 amide bonds. The summed E-state index contributed by atoms with van der Waals surface area (Å²) in [5.41, 5.74) is 10.8. The van der Waals surface area contributed by atoms with Gasteiger partial charge in [0.05, 0.1) is 11.0 Å². The van der Waals surface area contributed by atoms with Crippen molar-refractivity contribution < 1.29 is 0 Å². The number of nitrogens with two attached hydrogens (primary N) is 1. The number of imidazole rings is 1. The minimum atomic E-state index is 0.509. The molecule has 2 heterocycles. The molecule has 0 saturated heterocycles. The zero-order valence-corrected chi connectivity index (χ0v) is 11.1. The van der Waals surface area contributed by atoms with E-state index in [0.717, 1.165) is 28.1 Å². The molecule has 4 nitrogen and oxygen atoms in total. The van der Waals surface area contributed by atoms with E-state index >= 15 is 0 Å². The van der Waals surface area contributed by atoms with Gasteiger partial charge in [-0.1, -0.05) is 12.1 Å². The fourth-order valence-corrected chi connectivity index (χ4v) is 2.22. The minimum absolute atomic E-state index is 0.509. The molecule has 0 bridgehead atoms. The number of aryl methyl sites for hydroxylation is 2. The number of pyridine rings is 1. The molecule has 3 rings (SSSR count). The van der Waals surface area contributed by atoms with Crippen LogP contribution in [0.1, 0.15) is 11.1 Å². The van der Waals surface area contributed by atoms with E-state index in [4.69, 9.17) is 5.73 Å². The number of hydrogen-bond acceptors (Lipinski definition) is 3. The second-order valence-corrected chi connectivity index (χ2v) is 4.74. The Morgan fingerprint density at radius 1 is 1.21 bits per heavy atom. The van der Waals surface area contributed by atoms with E-state index < -0.39 is 0 Å². The Bertz CT molecular complexity index is 726. The number of benzene rings is 1. The van der Waals surface area contributed by atoms with E-state index in [-0.39, 0.29) is 0 Å². The third-order valence-corrected chi connectivity index (χ3v) is 3.33. The molecule has 0 radical (unpaired) electrons. The number of nitrogens with zero attached hydrogens (tertiary/aromatic N) is 3. The third kappa shape index (κ3) is 2.00. The molecule has 4 heteroatoms. The molecule has 1 aromatic carbocycles. The monoisotopic (exact) mass is 252 g/mol. The number of aromatic nitrogens is 3. The molecule has 0 fully saturated rings. The lowest BCUT2D eigenvalue weighted by Gasteiger charge is -2.02. The quantitative estimate of drug-likeness (QED) is 0.762. The molecule has 2 N–H and O–H groups in total. The van der Waals surface area contributed by atoms with Gasteiger partial charge in [-0.25, -0.2) is 4.98 Å². The molecular weight excluding hydrogens is 236 g/mol. The van der Waals surface area contributed by atoms with Gasteiger partial charge in [-0.15, -0.1) is 0 Å². The van der Waals surface area contributed by atoms with E-state index in [2.05, 4.69) is 39.7 Å². The van der Waals surface area contributed by atoms with Crippen LogP contribution >= 0.6 is 0 Å². The fourth-order valence-electron chi connectivity index (χ4n) is 2.22. The van der Waals surface area contributed by atoms with Crippen LogP contribution < -0.4 is 5.73 Å². The standard InChI is InChI=1S/C15H16N4/c1-10-3-6-14-13(7-10)18-15(19(14)2)12-5-4-11(8-16)9-17-12/h3-7,9H,8,16H2,1-2H3. The first kappa shape index (κ1) is 11.9. The van der Waals surface area contributed by atoms with Crippen molar-refractivity contribution in [3.63, 3.8) is 0 Å². The Balaban J connectivity index is 2.15. The van der Waals surface area contributed by atoms with Gasteiger partial charge in [-0.05, 0) is 36.2 Å². The van der Waals surface area contributed by atoms with Crippen LogP contribution in [0.15, 0.2) is 36.5 Å². The molecule has 2 aromatic heterocycles. The number of hydrogen-bond donors (Lipinski definition) is 1. The van der Waals surface area contributed by atoms with Gasteiger partial charge in [0, 0.05) is 19.8 Å². The van der Waals surface area contributed by atoms with Crippen molar-refractivity contribution >= 4 is 11.0 Å². The summed E-state index contributed by atoms with van der Waals surface area (Å²) in [5.74, 6) is 0.879. The summed E-state index contributed by atoms with van der Waals surface area (Å²) in [6, 6.07) is 10.2. The van der Waals surface area contributed by atoms with Crippen LogP contribution in [0, 0.1) is 6.92 Å². The Labute approximate surface area is 111 Å². The maximum absolute atomic E-state index is 5.59. The van der Waals surface area contributed by atoms with Crippen LogP contribution in [0.2, 0.25) is 0 Å². The smallest absolute Gasteiger partial charge is 0.159 e. The highest BCUT2D eigenvalue weighted by Crippen LogP contribution is 2.23. The molecule has 0 unspecified atom stereocenters. The summed E-state index contributed by atoms with van der Waals surface area (Å²) >= 11 is 0. The van der Waals surface area contributed by atoms with E-state index in [1.54, 1.807) is 6.20 Å². The Kier molecular flexibility index (Phi) is 2.80. The molecule has 0 atom stereocenters. The molecular formula is C15H16N4. The third-order valence-electron chi connectivity index (χ3n) is 3.33. The van der Waals surface area contributed by atoms with E-state index in [1.165, 1.54) is 5.56 Å². The first-order valence-corrected chi connectivity index (χ1v) is 6.27. The summed E-state index contributed by atoms with van der Waals surface area (Å²) in [4.78, 5) is 9.10. The summed E-state index contributed by atoms with van der Waals surface area (Å²) in [7, 11) is 2.01. The SMILES string of the molecule is Cc1ccc2c(c1)nc(-c1ccc(CN)cn1)n2C. The highest BCUT2D eigenvalue weighted by molar-refractivity contribution is 5.80. The molecule has 0 aliphatic heterocycles. The van der Waals surface area contributed by atoms with E-state index in [1.807, 2.05) is 19.2 Å². The van der Waals surface area contributed by atoms with Crippen LogP contribution in [0.5, 0.6) is 0 Å². The first-order chi connectivity index (χ1) is 9.19. The van der Waals surface area contributed by atoms with Gasteiger partial charge in [0.2, 0.25) is 0 Å². The lowest BCUT2D eigenvalue weighted by atomic mass is 10.2. The molecule has 3 aromatic rings. The summed E-state index contributed by atoms with van der Waals surface area (Å²) in [5, 5.41) is 0. The largest absolute Gasteiger partial charge is 0.326 e. The van der Waals surface area contributed by atoms with Crippen LogP contribution in [-0.4, -0.2) is 14.5 Å². The predicted molar refractivity (Wildman–Crippen MR) is 76.6 cm³/mol. The molecule has 96 valence electrons. The molecule has 19 heavy (non-hydrogen) atoms. The predicted octanol–water partition coefficient (Wildman–Crippen LogP) is 2.40. The average Bonchev–Trinajstić information content (AvgIpc) is 2.75. The fraction of sp³-hybridized carbons (Fsp3) is 0.200. The van der Waals surface area contributed by atoms with E-state index in [9.17, 15) is 0 Å². The molecule has 0 aliphatic carbocycles. The maximum Gasteiger partial charge on any atom is 0.159 e. The average molecular weight is 252 g/mol. The van der Waals surface area contributed by atoms with Gasteiger partial charge < -0.3 is 10.3 Å².